The molecule has 2 amide bonds. The predicted octanol–water partition coefficient (Wildman–Crippen LogP) is 6.17. The van der Waals surface area contributed by atoms with E-state index in [0.717, 1.165) is 5.56 Å². The summed E-state index contributed by atoms with van der Waals surface area (Å²) in [5.41, 5.74) is 3.59. The van der Waals surface area contributed by atoms with Crippen molar-refractivity contribution in [2.45, 2.75) is 32.7 Å². The molecule has 33 heavy (non-hydrogen) atoms. The average Bonchev–Trinajstić information content (AvgIpc) is 3.00. The first-order chi connectivity index (χ1) is 15.6. The SMILES string of the molecule is CC(C)(C)c1ccc(NC2=C(c3ccc(Cl)cc3)C(=O)N(Cc3ccc(F)cc3)C2=O)cc1. The molecule has 168 valence electrons. The Bertz CT molecular complexity index is 1230. The van der Waals surface area contributed by atoms with Crippen molar-refractivity contribution < 1.29 is 14.0 Å². The normalized spacial score (nSPS) is 14.3. The molecular weight excluding hydrogens is 439 g/mol. The molecule has 0 saturated carbocycles. The van der Waals surface area contributed by atoms with E-state index < -0.39 is 11.8 Å². The summed E-state index contributed by atoms with van der Waals surface area (Å²) in [4.78, 5) is 27.9. The number of halogens is 2. The fourth-order valence-corrected chi connectivity index (χ4v) is 3.82. The molecular formula is C27H24ClFN2O2. The van der Waals surface area contributed by atoms with Crippen LogP contribution in [0.5, 0.6) is 0 Å². The summed E-state index contributed by atoms with van der Waals surface area (Å²) < 4.78 is 13.3. The third-order valence-corrected chi connectivity index (χ3v) is 5.83. The van der Waals surface area contributed by atoms with Crippen molar-refractivity contribution in [2.24, 2.45) is 0 Å². The number of imide groups is 1. The van der Waals surface area contributed by atoms with Gasteiger partial charge in [-0.05, 0) is 58.5 Å². The lowest BCUT2D eigenvalue weighted by Gasteiger charge is -2.19. The standard InChI is InChI=1S/C27H24ClFN2O2/c1-27(2,3)19-8-14-22(15-9-19)30-24-23(18-6-10-20(28)11-7-18)25(32)31(26(24)33)16-17-4-12-21(29)13-5-17/h4-15,30H,16H2,1-3H3. The van der Waals surface area contributed by atoms with Crippen LogP contribution in [0.3, 0.4) is 0 Å². The lowest BCUT2D eigenvalue weighted by molar-refractivity contribution is -0.137. The molecule has 0 aliphatic carbocycles. The zero-order chi connectivity index (χ0) is 23.8. The van der Waals surface area contributed by atoms with E-state index in [4.69, 9.17) is 11.6 Å². The topological polar surface area (TPSA) is 49.4 Å². The van der Waals surface area contributed by atoms with E-state index in [1.165, 1.54) is 17.0 Å². The van der Waals surface area contributed by atoms with Crippen molar-refractivity contribution in [3.05, 3.63) is 106 Å². The maximum atomic E-state index is 13.4. The molecule has 0 bridgehead atoms. The Hall–Kier alpha value is -3.44. The number of nitrogens with one attached hydrogen (secondary N) is 1. The smallest absolute Gasteiger partial charge is 0.278 e. The van der Waals surface area contributed by atoms with E-state index in [9.17, 15) is 14.0 Å². The van der Waals surface area contributed by atoms with Gasteiger partial charge < -0.3 is 5.32 Å². The molecule has 4 rings (SSSR count). The Balaban J connectivity index is 1.70. The first-order valence-corrected chi connectivity index (χ1v) is 11.0. The summed E-state index contributed by atoms with van der Waals surface area (Å²) in [5, 5.41) is 3.70. The van der Waals surface area contributed by atoms with Crippen molar-refractivity contribution in [3.8, 4) is 0 Å². The number of benzene rings is 3. The summed E-state index contributed by atoms with van der Waals surface area (Å²) in [5.74, 6) is -1.23. The van der Waals surface area contributed by atoms with Gasteiger partial charge >= 0.3 is 0 Å². The largest absolute Gasteiger partial charge is 0.350 e. The average molecular weight is 463 g/mol. The van der Waals surface area contributed by atoms with Gasteiger partial charge in [0.05, 0.1) is 12.1 Å². The Morgan fingerprint density at radius 3 is 2.03 bits per heavy atom. The van der Waals surface area contributed by atoms with Crippen LogP contribution in [0.15, 0.2) is 78.5 Å². The second kappa shape index (κ2) is 8.83. The van der Waals surface area contributed by atoms with Gasteiger partial charge in [0.2, 0.25) is 0 Å². The van der Waals surface area contributed by atoms with Crippen molar-refractivity contribution >= 4 is 34.7 Å². The Morgan fingerprint density at radius 1 is 0.848 bits per heavy atom. The van der Waals surface area contributed by atoms with E-state index in [2.05, 4.69) is 26.1 Å². The Morgan fingerprint density at radius 2 is 1.45 bits per heavy atom. The number of amides is 2. The van der Waals surface area contributed by atoms with Crippen molar-refractivity contribution in [3.63, 3.8) is 0 Å². The maximum Gasteiger partial charge on any atom is 0.278 e. The lowest BCUT2D eigenvalue weighted by Crippen LogP contribution is -2.32. The molecule has 3 aromatic rings. The molecule has 4 nitrogen and oxygen atoms in total. The minimum absolute atomic E-state index is 0.00261. The molecule has 6 heteroatoms. The lowest BCUT2D eigenvalue weighted by atomic mass is 9.87. The highest BCUT2D eigenvalue weighted by Crippen LogP contribution is 2.33. The first kappa shape index (κ1) is 22.7. The van der Waals surface area contributed by atoms with Crippen molar-refractivity contribution in [1.82, 2.24) is 4.90 Å². The van der Waals surface area contributed by atoms with Crippen molar-refractivity contribution in [2.75, 3.05) is 5.32 Å². The van der Waals surface area contributed by atoms with Crippen LogP contribution in [0.4, 0.5) is 10.1 Å². The highest BCUT2D eigenvalue weighted by atomic mass is 35.5. The third-order valence-electron chi connectivity index (χ3n) is 5.58. The molecule has 1 aliphatic heterocycles. The highest BCUT2D eigenvalue weighted by molar-refractivity contribution is 6.36. The van der Waals surface area contributed by atoms with Gasteiger partial charge in [0.15, 0.2) is 0 Å². The van der Waals surface area contributed by atoms with E-state index in [1.807, 2.05) is 24.3 Å². The zero-order valence-corrected chi connectivity index (χ0v) is 19.4. The molecule has 0 atom stereocenters. The van der Waals surface area contributed by atoms with Gasteiger partial charge in [-0.3, -0.25) is 14.5 Å². The van der Waals surface area contributed by atoms with E-state index in [-0.39, 0.29) is 29.0 Å². The fourth-order valence-electron chi connectivity index (χ4n) is 3.69. The quantitative estimate of drug-likeness (QED) is 0.461. The van der Waals surface area contributed by atoms with E-state index in [1.54, 1.807) is 36.4 Å². The zero-order valence-electron chi connectivity index (χ0n) is 18.7. The molecule has 3 aromatic carbocycles. The molecule has 1 N–H and O–H groups in total. The third kappa shape index (κ3) is 4.83. The van der Waals surface area contributed by atoms with Crippen LogP contribution >= 0.6 is 11.6 Å². The predicted molar refractivity (Wildman–Crippen MR) is 129 cm³/mol. The van der Waals surface area contributed by atoms with Crippen LogP contribution in [0.2, 0.25) is 5.02 Å². The minimum Gasteiger partial charge on any atom is -0.350 e. The van der Waals surface area contributed by atoms with Crippen LogP contribution in [-0.4, -0.2) is 16.7 Å². The number of carbonyl (C=O) groups is 2. The van der Waals surface area contributed by atoms with Crippen LogP contribution < -0.4 is 5.32 Å². The summed E-state index contributed by atoms with van der Waals surface area (Å²) in [7, 11) is 0. The molecule has 0 fully saturated rings. The highest BCUT2D eigenvalue weighted by Gasteiger charge is 2.39. The molecule has 0 saturated heterocycles. The van der Waals surface area contributed by atoms with Gasteiger partial charge in [-0.25, -0.2) is 4.39 Å². The van der Waals surface area contributed by atoms with Crippen LogP contribution in [0, 0.1) is 5.82 Å². The van der Waals surface area contributed by atoms with Crippen LogP contribution in [-0.2, 0) is 21.5 Å². The van der Waals surface area contributed by atoms with Gasteiger partial charge in [0.1, 0.15) is 11.5 Å². The van der Waals surface area contributed by atoms with Gasteiger partial charge in [-0.15, -0.1) is 0 Å². The number of rotatable bonds is 5. The van der Waals surface area contributed by atoms with Crippen LogP contribution in [0.1, 0.15) is 37.5 Å². The van der Waals surface area contributed by atoms with E-state index >= 15 is 0 Å². The summed E-state index contributed by atoms with van der Waals surface area (Å²) in [6.07, 6.45) is 0. The number of nitrogens with zero attached hydrogens (tertiary/aromatic N) is 1. The number of carbonyl (C=O) groups excluding carboxylic acids is 2. The first-order valence-electron chi connectivity index (χ1n) is 10.6. The van der Waals surface area contributed by atoms with Gasteiger partial charge in [0, 0.05) is 10.7 Å². The summed E-state index contributed by atoms with van der Waals surface area (Å²) in [6, 6.07) is 20.3. The Kier molecular flexibility index (Phi) is 6.09. The molecule has 0 unspecified atom stereocenters. The molecule has 0 aromatic heterocycles. The fraction of sp³-hybridized carbons (Fsp3) is 0.185. The Labute approximate surface area is 197 Å². The minimum atomic E-state index is -0.436. The molecule has 1 aliphatic rings. The maximum absolute atomic E-state index is 13.4. The van der Waals surface area contributed by atoms with Gasteiger partial charge in [-0.2, -0.15) is 0 Å². The number of anilines is 1. The number of hydrogen-bond donors (Lipinski definition) is 1. The second-order valence-electron chi connectivity index (χ2n) is 9.03. The summed E-state index contributed by atoms with van der Waals surface area (Å²) >= 11 is 6.03. The van der Waals surface area contributed by atoms with Gasteiger partial charge in [0.25, 0.3) is 11.8 Å². The second-order valence-corrected chi connectivity index (χ2v) is 9.47. The summed E-state index contributed by atoms with van der Waals surface area (Å²) in [6.45, 7) is 6.43. The van der Waals surface area contributed by atoms with Gasteiger partial charge in [-0.1, -0.05) is 68.8 Å². The number of hydrogen-bond acceptors (Lipinski definition) is 3. The molecule has 1 heterocycles. The molecule has 0 radical (unpaired) electrons. The van der Waals surface area contributed by atoms with E-state index in [0.29, 0.717) is 21.8 Å². The van der Waals surface area contributed by atoms with Crippen molar-refractivity contribution in [1.29, 1.82) is 0 Å². The monoisotopic (exact) mass is 462 g/mol. The molecule has 0 spiro atoms. The van der Waals surface area contributed by atoms with Crippen LogP contribution in [0.25, 0.3) is 5.57 Å².